The van der Waals surface area contributed by atoms with Crippen LogP contribution in [0.1, 0.15) is 47.3 Å². The number of ether oxygens (including phenoxy) is 1. The molecule has 106 valence electrons. The molecule has 0 radical (unpaired) electrons. The van der Waals surface area contributed by atoms with Crippen LogP contribution in [-0.2, 0) is 0 Å². The molecule has 0 spiro atoms. The maximum Gasteiger partial charge on any atom is 0.216 e. The standard InChI is InChI=1S/C14H18N4O2/c1-8(2)18-13(12(20-5)7-15-18)14(19)11-6-9(3)16-17-10(11)4/h6-8H,1-5H3. The first-order valence-corrected chi connectivity index (χ1v) is 6.42. The summed E-state index contributed by atoms with van der Waals surface area (Å²) in [5.41, 5.74) is 2.27. The fourth-order valence-corrected chi connectivity index (χ4v) is 2.01. The Morgan fingerprint density at radius 2 is 2.00 bits per heavy atom. The normalized spacial score (nSPS) is 10.9. The SMILES string of the molecule is COc1cnn(C(C)C)c1C(=O)c1cc(C)nnc1C. The van der Waals surface area contributed by atoms with Crippen molar-refractivity contribution in [1.29, 1.82) is 0 Å². The van der Waals surface area contributed by atoms with E-state index in [1.54, 1.807) is 30.8 Å². The van der Waals surface area contributed by atoms with E-state index in [2.05, 4.69) is 15.3 Å². The molecule has 0 saturated carbocycles. The minimum absolute atomic E-state index is 0.0639. The molecule has 0 aliphatic carbocycles. The van der Waals surface area contributed by atoms with Gasteiger partial charge >= 0.3 is 0 Å². The van der Waals surface area contributed by atoms with E-state index in [9.17, 15) is 4.79 Å². The van der Waals surface area contributed by atoms with Crippen molar-refractivity contribution in [3.63, 3.8) is 0 Å². The number of methoxy groups -OCH3 is 1. The zero-order valence-electron chi connectivity index (χ0n) is 12.3. The van der Waals surface area contributed by atoms with Crippen LogP contribution in [-0.4, -0.2) is 32.9 Å². The molecule has 0 N–H and O–H groups in total. The van der Waals surface area contributed by atoms with Crippen molar-refractivity contribution in [2.75, 3.05) is 7.11 Å². The van der Waals surface area contributed by atoms with Gasteiger partial charge in [0.1, 0.15) is 0 Å². The number of nitrogens with zero attached hydrogens (tertiary/aromatic N) is 4. The van der Waals surface area contributed by atoms with Gasteiger partial charge in [0.25, 0.3) is 0 Å². The Labute approximate surface area is 117 Å². The molecule has 6 heteroatoms. The van der Waals surface area contributed by atoms with Crippen LogP contribution in [0.5, 0.6) is 5.75 Å². The average molecular weight is 274 g/mol. The summed E-state index contributed by atoms with van der Waals surface area (Å²) < 4.78 is 6.91. The summed E-state index contributed by atoms with van der Waals surface area (Å²) in [6.45, 7) is 7.50. The molecule has 0 amide bonds. The molecule has 0 fully saturated rings. The summed E-state index contributed by atoms with van der Waals surface area (Å²) in [5.74, 6) is 0.320. The van der Waals surface area contributed by atoms with Crippen molar-refractivity contribution in [3.8, 4) is 5.75 Å². The molecule has 0 aliphatic heterocycles. The van der Waals surface area contributed by atoms with Gasteiger partial charge in [0, 0.05) is 11.6 Å². The maximum atomic E-state index is 12.8. The molecule has 2 heterocycles. The molecule has 2 aromatic rings. The molecule has 0 unspecified atom stereocenters. The van der Waals surface area contributed by atoms with Gasteiger partial charge in [-0.2, -0.15) is 15.3 Å². The minimum atomic E-state index is -0.149. The number of aromatic nitrogens is 4. The highest BCUT2D eigenvalue weighted by atomic mass is 16.5. The smallest absolute Gasteiger partial charge is 0.216 e. The third-order valence-electron chi connectivity index (χ3n) is 3.03. The van der Waals surface area contributed by atoms with Crippen molar-refractivity contribution < 1.29 is 9.53 Å². The van der Waals surface area contributed by atoms with Gasteiger partial charge in [0.2, 0.25) is 5.78 Å². The van der Waals surface area contributed by atoms with Crippen LogP contribution < -0.4 is 4.74 Å². The van der Waals surface area contributed by atoms with Gasteiger partial charge in [-0.3, -0.25) is 9.48 Å². The number of ketones is 1. The topological polar surface area (TPSA) is 69.9 Å². The van der Waals surface area contributed by atoms with Gasteiger partial charge in [-0.25, -0.2) is 0 Å². The Morgan fingerprint density at radius 3 is 2.60 bits per heavy atom. The lowest BCUT2D eigenvalue weighted by Gasteiger charge is -2.12. The summed E-state index contributed by atoms with van der Waals surface area (Å²) >= 11 is 0. The van der Waals surface area contributed by atoms with Crippen molar-refractivity contribution in [3.05, 3.63) is 34.9 Å². The Balaban J connectivity index is 2.58. The van der Waals surface area contributed by atoms with E-state index >= 15 is 0 Å². The number of carbonyl (C=O) groups excluding carboxylic acids is 1. The fourth-order valence-electron chi connectivity index (χ4n) is 2.01. The van der Waals surface area contributed by atoms with E-state index in [1.807, 2.05) is 13.8 Å². The highest BCUT2D eigenvalue weighted by Gasteiger charge is 2.24. The van der Waals surface area contributed by atoms with Gasteiger partial charge < -0.3 is 4.74 Å². The second-order valence-corrected chi connectivity index (χ2v) is 4.91. The highest BCUT2D eigenvalue weighted by Crippen LogP contribution is 2.24. The van der Waals surface area contributed by atoms with Crippen LogP contribution in [0.4, 0.5) is 0 Å². The first kappa shape index (κ1) is 14.2. The van der Waals surface area contributed by atoms with Gasteiger partial charge in [-0.15, -0.1) is 0 Å². The largest absolute Gasteiger partial charge is 0.493 e. The molecule has 20 heavy (non-hydrogen) atoms. The quantitative estimate of drug-likeness (QED) is 0.799. The molecule has 0 bridgehead atoms. The van der Waals surface area contributed by atoms with E-state index in [0.717, 1.165) is 0 Å². The molecule has 6 nitrogen and oxygen atoms in total. The molecule has 2 rings (SSSR count). The molecular formula is C14H18N4O2. The Morgan fingerprint density at radius 1 is 1.30 bits per heavy atom. The number of carbonyl (C=O) groups is 1. The van der Waals surface area contributed by atoms with Crippen molar-refractivity contribution in [2.45, 2.75) is 33.7 Å². The van der Waals surface area contributed by atoms with Gasteiger partial charge in [0.05, 0.1) is 24.7 Å². The molecule has 2 aromatic heterocycles. The lowest BCUT2D eigenvalue weighted by molar-refractivity contribution is 0.102. The summed E-state index contributed by atoms with van der Waals surface area (Å²) in [5, 5.41) is 12.2. The second-order valence-electron chi connectivity index (χ2n) is 4.91. The third-order valence-corrected chi connectivity index (χ3v) is 3.03. The molecular weight excluding hydrogens is 256 g/mol. The maximum absolute atomic E-state index is 12.8. The van der Waals surface area contributed by atoms with Crippen molar-refractivity contribution >= 4 is 5.78 Å². The summed E-state index contributed by atoms with van der Waals surface area (Å²) in [4.78, 5) is 12.8. The van der Waals surface area contributed by atoms with Crippen LogP contribution in [0.25, 0.3) is 0 Å². The van der Waals surface area contributed by atoms with Crippen LogP contribution in [0, 0.1) is 13.8 Å². The number of hydrogen-bond acceptors (Lipinski definition) is 5. The lowest BCUT2D eigenvalue weighted by atomic mass is 10.1. The average Bonchev–Trinajstić information content (AvgIpc) is 2.84. The monoisotopic (exact) mass is 274 g/mol. The minimum Gasteiger partial charge on any atom is -0.493 e. The summed E-state index contributed by atoms with van der Waals surface area (Å²) in [6, 6.07) is 1.80. The van der Waals surface area contributed by atoms with Gasteiger partial charge in [-0.05, 0) is 33.8 Å². The second kappa shape index (κ2) is 5.40. The van der Waals surface area contributed by atoms with Crippen LogP contribution in [0.2, 0.25) is 0 Å². The first-order chi connectivity index (χ1) is 9.45. The Hall–Kier alpha value is -2.24. The van der Waals surface area contributed by atoms with Gasteiger partial charge in [0.15, 0.2) is 11.4 Å². The first-order valence-electron chi connectivity index (χ1n) is 6.42. The van der Waals surface area contributed by atoms with E-state index < -0.39 is 0 Å². The zero-order valence-corrected chi connectivity index (χ0v) is 12.3. The van der Waals surface area contributed by atoms with E-state index in [0.29, 0.717) is 28.4 Å². The Bertz CT molecular complexity index is 647. The van der Waals surface area contributed by atoms with Crippen LogP contribution >= 0.6 is 0 Å². The predicted molar refractivity (Wildman–Crippen MR) is 74.1 cm³/mol. The van der Waals surface area contributed by atoms with Crippen molar-refractivity contribution in [2.24, 2.45) is 0 Å². The van der Waals surface area contributed by atoms with Crippen molar-refractivity contribution in [1.82, 2.24) is 20.0 Å². The Kier molecular flexibility index (Phi) is 3.83. The lowest BCUT2D eigenvalue weighted by Crippen LogP contribution is -2.16. The third kappa shape index (κ3) is 2.41. The predicted octanol–water partition coefficient (Wildman–Crippen LogP) is 2.11. The highest BCUT2D eigenvalue weighted by molar-refractivity contribution is 6.10. The number of hydrogen-bond donors (Lipinski definition) is 0. The number of aryl methyl sites for hydroxylation is 2. The van der Waals surface area contributed by atoms with Crippen LogP contribution in [0.3, 0.4) is 0 Å². The molecule has 0 saturated heterocycles. The summed E-state index contributed by atoms with van der Waals surface area (Å²) in [6.07, 6.45) is 1.56. The van der Waals surface area contributed by atoms with E-state index in [1.165, 1.54) is 7.11 Å². The molecule has 0 atom stereocenters. The number of rotatable bonds is 4. The molecule has 0 aromatic carbocycles. The van der Waals surface area contributed by atoms with E-state index in [-0.39, 0.29) is 11.8 Å². The van der Waals surface area contributed by atoms with E-state index in [4.69, 9.17) is 4.74 Å². The zero-order chi connectivity index (χ0) is 14.9. The van der Waals surface area contributed by atoms with Crippen LogP contribution in [0.15, 0.2) is 12.3 Å². The molecule has 0 aliphatic rings. The fraction of sp³-hybridized carbons (Fsp3) is 0.429. The van der Waals surface area contributed by atoms with Gasteiger partial charge in [-0.1, -0.05) is 0 Å². The summed E-state index contributed by atoms with van der Waals surface area (Å²) in [7, 11) is 1.53.